The Bertz CT molecular complexity index is 591. The Labute approximate surface area is 138 Å². The largest absolute Gasteiger partial charge is 0.471 e. The van der Waals surface area contributed by atoms with Crippen molar-refractivity contribution in [2.75, 3.05) is 0 Å². The van der Waals surface area contributed by atoms with E-state index in [0.29, 0.717) is 5.56 Å². The summed E-state index contributed by atoms with van der Waals surface area (Å²) in [4.78, 5) is 23.7. The van der Waals surface area contributed by atoms with Crippen LogP contribution in [0.15, 0.2) is 43.0 Å². The number of ether oxygens (including phenoxy) is 1. The number of benzene rings is 1. The minimum absolute atomic E-state index is 0.533. The molecule has 0 aliphatic heterocycles. The summed E-state index contributed by atoms with van der Waals surface area (Å²) in [7, 11) is 0. The highest BCUT2D eigenvalue weighted by Gasteiger charge is 2.43. The van der Waals surface area contributed by atoms with Gasteiger partial charge in [0.05, 0.1) is 0 Å². The van der Waals surface area contributed by atoms with Crippen LogP contribution in [0.25, 0.3) is 0 Å². The van der Waals surface area contributed by atoms with Crippen LogP contribution in [-0.4, -0.2) is 29.7 Å². The summed E-state index contributed by atoms with van der Waals surface area (Å²) in [5.74, 6) is -4.04. The van der Waals surface area contributed by atoms with Crippen LogP contribution >= 0.6 is 0 Å². The predicted molar refractivity (Wildman–Crippen MR) is 83.2 cm³/mol. The molecule has 1 aromatic rings. The van der Waals surface area contributed by atoms with Gasteiger partial charge in [0.25, 0.3) is 0 Å². The second-order valence-electron chi connectivity index (χ2n) is 6.15. The van der Waals surface area contributed by atoms with Gasteiger partial charge in [0.1, 0.15) is 11.6 Å². The molecule has 0 radical (unpaired) electrons. The zero-order valence-corrected chi connectivity index (χ0v) is 13.7. The molecule has 1 rings (SSSR count). The van der Waals surface area contributed by atoms with Gasteiger partial charge in [-0.25, -0.2) is 4.79 Å². The number of hydrogen-bond acceptors (Lipinski definition) is 3. The van der Waals surface area contributed by atoms with Crippen molar-refractivity contribution in [3.8, 4) is 0 Å². The van der Waals surface area contributed by atoms with Crippen molar-refractivity contribution in [3.63, 3.8) is 0 Å². The van der Waals surface area contributed by atoms with Crippen molar-refractivity contribution in [1.29, 1.82) is 0 Å². The molecule has 0 saturated heterocycles. The zero-order chi connectivity index (χ0) is 18.5. The van der Waals surface area contributed by atoms with Crippen LogP contribution < -0.4 is 5.32 Å². The average Bonchev–Trinajstić information content (AvgIpc) is 2.45. The van der Waals surface area contributed by atoms with Crippen LogP contribution in [0.5, 0.6) is 0 Å². The van der Waals surface area contributed by atoms with Crippen molar-refractivity contribution < 1.29 is 27.5 Å². The molecule has 7 heteroatoms. The smallest absolute Gasteiger partial charge is 0.458 e. The quantitative estimate of drug-likeness (QED) is 0.659. The summed E-state index contributed by atoms with van der Waals surface area (Å²) in [6.07, 6.45) is -3.80. The molecule has 0 aliphatic carbocycles. The number of alkyl halides is 3. The van der Waals surface area contributed by atoms with E-state index in [4.69, 9.17) is 4.74 Å². The van der Waals surface area contributed by atoms with E-state index < -0.39 is 35.6 Å². The van der Waals surface area contributed by atoms with Crippen molar-refractivity contribution in [2.45, 2.75) is 44.5 Å². The van der Waals surface area contributed by atoms with Gasteiger partial charge in [-0.15, -0.1) is 6.58 Å². The summed E-state index contributed by atoms with van der Waals surface area (Å²) in [6.45, 7) is 8.31. The molecule has 1 aromatic carbocycles. The third-order valence-corrected chi connectivity index (χ3v) is 3.00. The standard InChI is InChI=1S/C17H20F3NO3/c1-5-12(11-9-7-6-8-10-11)13(14(22)24-16(2,3)4)21-15(23)17(18,19)20/h5-10,12-13H,1H2,2-4H3,(H,21,23)/t12-,13-/m0/s1. The highest BCUT2D eigenvalue weighted by Crippen LogP contribution is 2.25. The lowest BCUT2D eigenvalue weighted by molar-refractivity contribution is -0.177. The van der Waals surface area contributed by atoms with Crippen LogP contribution in [0, 0.1) is 0 Å². The zero-order valence-electron chi connectivity index (χ0n) is 13.7. The van der Waals surface area contributed by atoms with Gasteiger partial charge in [-0.05, 0) is 26.3 Å². The van der Waals surface area contributed by atoms with Crippen LogP contribution in [0.1, 0.15) is 32.3 Å². The average molecular weight is 343 g/mol. The van der Waals surface area contributed by atoms with E-state index in [1.807, 2.05) is 0 Å². The Morgan fingerprint density at radius 1 is 1.17 bits per heavy atom. The topological polar surface area (TPSA) is 55.4 Å². The third kappa shape index (κ3) is 5.72. The summed E-state index contributed by atoms with van der Waals surface area (Å²) >= 11 is 0. The summed E-state index contributed by atoms with van der Waals surface area (Å²) in [5.41, 5.74) is -0.383. The van der Waals surface area contributed by atoms with Crippen LogP contribution in [0.4, 0.5) is 13.2 Å². The van der Waals surface area contributed by atoms with Gasteiger partial charge in [-0.1, -0.05) is 36.4 Å². The maximum absolute atomic E-state index is 12.6. The normalized spacial score (nSPS) is 14.4. The molecule has 0 fully saturated rings. The van der Waals surface area contributed by atoms with E-state index in [1.165, 1.54) is 6.08 Å². The number of nitrogens with one attached hydrogen (secondary N) is 1. The lowest BCUT2D eigenvalue weighted by Gasteiger charge is -2.28. The third-order valence-electron chi connectivity index (χ3n) is 3.00. The van der Waals surface area contributed by atoms with Gasteiger partial charge in [0.2, 0.25) is 0 Å². The Morgan fingerprint density at radius 3 is 2.12 bits per heavy atom. The van der Waals surface area contributed by atoms with E-state index in [9.17, 15) is 22.8 Å². The molecular weight excluding hydrogens is 323 g/mol. The number of halogens is 3. The first-order chi connectivity index (χ1) is 11.0. The van der Waals surface area contributed by atoms with Crippen LogP contribution in [-0.2, 0) is 14.3 Å². The molecule has 0 bridgehead atoms. The minimum atomic E-state index is -5.11. The van der Waals surface area contributed by atoms with Crippen LogP contribution in [0.3, 0.4) is 0 Å². The van der Waals surface area contributed by atoms with Crippen molar-refractivity contribution in [1.82, 2.24) is 5.32 Å². The fourth-order valence-corrected chi connectivity index (χ4v) is 2.02. The van der Waals surface area contributed by atoms with Gasteiger partial charge in [0.15, 0.2) is 0 Å². The molecule has 0 aliphatic rings. The Kier molecular flexibility index (Phi) is 6.17. The molecule has 0 aromatic heterocycles. The molecule has 1 amide bonds. The highest BCUT2D eigenvalue weighted by atomic mass is 19.4. The van der Waals surface area contributed by atoms with E-state index in [0.717, 1.165) is 0 Å². The van der Waals surface area contributed by atoms with Gasteiger partial charge < -0.3 is 10.1 Å². The van der Waals surface area contributed by atoms with Crippen LogP contribution in [0.2, 0.25) is 0 Å². The molecule has 0 heterocycles. The second-order valence-corrected chi connectivity index (χ2v) is 6.15. The fraction of sp³-hybridized carbons (Fsp3) is 0.412. The van der Waals surface area contributed by atoms with E-state index in [-0.39, 0.29) is 0 Å². The Morgan fingerprint density at radius 2 is 1.71 bits per heavy atom. The monoisotopic (exact) mass is 343 g/mol. The van der Waals surface area contributed by atoms with Gasteiger partial charge in [0, 0.05) is 5.92 Å². The van der Waals surface area contributed by atoms with E-state index in [1.54, 1.807) is 56.4 Å². The number of rotatable bonds is 5. The maximum Gasteiger partial charge on any atom is 0.471 e. The van der Waals surface area contributed by atoms with Crippen molar-refractivity contribution >= 4 is 11.9 Å². The molecule has 4 nitrogen and oxygen atoms in total. The first-order valence-electron chi connectivity index (χ1n) is 7.24. The Hall–Kier alpha value is -2.31. The summed E-state index contributed by atoms with van der Waals surface area (Å²) in [6, 6.07) is 6.78. The molecule has 0 unspecified atom stereocenters. The number of carbonyl (C=O) groups is 2. The van der Waals surface area contributed by atoms with Gasteiger partial charge in [-0.3, -0.25) is 4.79 Å². The highest BCUT2D eigenvalue weighted by molar-refractivity contribution is 5.88. The lowest BCUT2D eigenvalue weighted by atomic mass is 9.91. The molecule has 132 valence electrons. The van der Waals surface area contributed by atoms with E-state index >= 15 is 0 Å². The van der Waals surface area contributed by atoms with Gasteiger partial charge in [-0.2, -0.15) is 13.2 Å². The molecular formula is C17H20F3NO3. The van der Waals surface area contributed by atoms with E-state index in [2.05, 4.69) is 6.58 Å². The number of carbonyl (C=O) groups excluding carboxylic acids is 2. The molecule has 0 saturated carbocycles. The number of esters is 1. The molecule has 1 N–H and O–H groups in total. The predicted octanol–water partition coefficient (Wildman–Crippen LogP) is 3.35. The number of amides is 1. The fourth-order valence-electron chi connectivity index (χ4n) is 2.02. The molecule has 0 spiro atoms. The van der Waals surface area contributed by atoms with Crippen molar-refractivity contribution in [3.05, 3.63) is 48.6 Å². The van der Waals surface area contributed by atoms with Crippen molar-refractivity contribution in [2.24, 2.45) is 0 Å². The minimum Gasteiger partial charge on any atom is -0.458 e. The maximum atomic E-state index is 12.6. The molecule has 2 atom stereocenters. The first kappa shape index (κ1) is 19.7. The Balaban J connectivity index is 3.18. The SMILES string of the molecule is C=C[C@@H](c1ccccc1)[C@H](NC(=O)C(F)(F)F)C(=O)OC(C)(C)C. The van der Waals surface area contributed by atoms with Gasteiger partial charge >= 0.3 is 18.1 Å². The summed E-state index contributed by atoms with van der Waals surface area (Å²) < 4.78 is 42.9. The first-order valence-corrected chi connectivity index (χ1v) is 7.24. The second kappa shape index (κ2) is 7.51. The number of hydrogen-bond donors (Lipinski definition) is 1. The summed E-state index contributed by atoms with van der Waals surface area (Å²) in [5, 5.41) is 1.72. The molecule has 24 heavy (non-hydrogen) atoms. The lowest BCUT2D eigenvalue weighted by Crippen LogP contribution is -2.51.